The van der Waals surface area contributed by atoms with Gasteiger partial charge in [0, 0.05) is 0 Å². The van der Waals surface area contributed by atoms with Gasteiger partial charge in [-0.1, -0.05) is 18.2 Å². The maximum absolute atomic E-state index is 12.4. The van der Waals surface area contributed by atoms with Gasteiger partial charge >= 0.3 is 0 Å². The highest BCUT2D eigenvalue weighted by atomic mass is 16.5. The van der Waals surface area contributed by atoms with E-state index in [1.165, 1.54) is 7.11 Å². The molecule has 0 bridgehead atoms. The van der Waals surface area contributed by atoms with Gasteiger partial charge in [-0.2, -0.15) is 5.10 Å². The number of ether oxygens (including phenoxy) is 3. The van der Waals surface area contributed by atoms with Gasteiger partial charge in [-0.25, -0.2) is 4.68 Å². The Morgan fingerprint density at radius 2 is 1.70 bits per heavy atom. The summed E-state index contributed by atoms with van der Waals surface area (Å²) >= 11 is 0. The summed E-state index contributed by atoms with van der Waals surface area (Å²) in [5, 5.41) is 7.12. The van der Waals surface area contributed by atoms with Gasteiger partial charge in [-0.15, -0.1) is 0 Å². The molecule has 0 saturated heterocycles. The van der Waals surface area contributed by atoms with Crippen LogP contribution in [0.25, 0.3) is 5.69 Å². The lowest BCUT2D eigenvalue weighted by Crippen LogP contribution is -2.14. The molecule has 3 rings (SSSR count). The van der Waals surface area contributed by atoms with Crippen LogP contribution in [0, 0.1) is 0 Å². The number of hydrogen-bond donors (Lipinski definition) is 1. The molecule has 0 unspecified atom stereocenters. The van der Waals surface area contributed by atoms with Gasteiger partial charge in [0.15, 0.2) is 11.5 Å². The number of carbonyl (C=O) groups excluding carboxylic acids is 1. The predicted octanol–water partition coefficient (Wildman–Crippen LogP) is 3.08. The largest absolute Gasteiger partial charge is 0.493 e. The lowest BCUT2D eigenvalue weighted by atomic mass is 10.1. The van der Waals surface area contributed by atoms with E-state index in [0.29, 0.717) is 22.9 Å². The van der Waals surface area contributed by atoms with Crippen molar-refractivity contribution in [3.8, 4) is 22.9 Å². The molecule has 140 valence electrons. The molecule has 0 saturated carbocycles. The summed E-state index contributed by atoms with van der Waals surface area (Å²) in [6, 6.07) is 13.2. The van der Waals surface area contributed by atoms with Crippen LogP contribution < -0.4 is 19.5 Å². The van der Waals surface area contributed by atoms with E-state index in [0.717, 1.165) is 11.3 Å². The van der Waals surface area contributed by atoms with E-state index in [2.05, 4.69) is 10.4 Å². The Hall–Kier alpha value is -3.48. The second kappa shape index (κ2) is 8.27. The number of amides is 1. The third-order valence-corrected chi connectivity index (χ3v) is 3.98. The van der Waals surface area contributed by atoms with Crippen LogP contribution in [0.2, 0.25) is 0 Å². The lowest BCUT2D eigenvalue weighted by Gasteiger charge is -2.14. The Morgan fingerprint density at radius 1 is 1.04 bits per heavy atom. The average Bonchev–Trinajstić information content (AvgIpc) is 3.16. The van der Waals surface area contributed by atoms with E-state index in [1.807, 2.05) is 30.3 Å². The number of methoxy groups -OCH3 is 3. The number of anilines is 1. The minimum absolute atomic E-state index is 0.160. The molecule has 7 heteroatoms. The van der Waals surface area contributed by atoms with E-state index in [-0.39, 0.29) is 12.3 Å². The molecule has 3 aromatic rings. The Balaban J connectivity index is 1.72. The number of hydrogen-bond acceptors (Lipinski definition) is 5. The number of aromatic nitrogens is 2. The molecule has 2 aromatic carbocycles. The highest BCUT2D eigenvalue weighted by Gasteiger charge is 2.15. The monoisotopic (exact) mass is 367 g/mol. The average molecular weight is 367 g/mol. The van der Waals surface area contributed by atoms with Crippen molar-refractivity contribution >= 4 is 11.6 Å². The second-order valence-corrected chi connectivity index (χ2v) is 5.77. The zero-order valence-corrected chi connectivity index (χ0v) is 15.4. The predicted molar refractivity (Wildman–Crippen MR) is 102 cm³/mol. The molecule has 1 heterocycles. The van der Waals surface area contributed by atoms with Crippen LogP contribution in [0.5, 0.6) is 17.2 Å². The first-order valence-electron chi connectivity index (χ1n) is 8.33. The zero-order chi connectivity index (χ0) is 19.2. The first-order chi connectivity index (χ1) is 13.1. The summed E-state index contributed by atoms with van der Waals surface area (Å²) in [5.74, 6) is 1.35. The number of nitrogens with one attached hydrogen (secondary N) is 1. The summed E-state index contributed by atoms with van der Waals surface area (Å²) in [7, 11) is 4.62. The fourth-order valence-electron chi connectivity index (χ4n) is 2.74. The molecule has 1 aromatic heterocycles. The second-order valence-electron chi connectivity index (χ2n) is 5.77. The SMILES string of the molecule is COc1cc(CC(=O)Nc2cnn(-c3ccccc3)c2)cc(OC)c1OC. The number of rotatable bonds is 7. The van der Waals surface area contributed by atoms with Gasteiger partial charge in [-0.3, -0.25) is 4.79 Å². The Labute approximate surface area is 157 Å². The first kappa shape index (κ1) is 18.3. The maximum Gasteiger partial charge on any atom is 0.228 e. The summed E-state index contributed by atoms with van der Waals surface area (Å²) < 4.78 is 17.6. The number of carbonyl (C=O) groups is 1. The van der Waals surface area contributed by atoms with Crippen LogP contribution in [-0.2, 0) is 11.2 Å². The molecule has 27 heavy (non-hydrogen) atoms. The molecule has 0 fully saturated rings. The van der Waals surface area contributed by atoms with Crippen molar-refractivity contribution in [3.63, 3.8) is 0 Å². The van der Waals surface area contributed by atoms with E-state index < -0.39 is 0 Å². The summed E-state index contributed by atoms with van der Waals surface area (Å²) in [6.07, 6.45) is 3.54. The minimum atomic E-state index is -0.170. The van der Waals surface area contributed by atoms with Crippen molar-refractivity contribution in [3.05, 3.63) is 60.4 Å². The summed E-state index contributed by atoms with van der Waals surface area (Å²) in [6.45, 7) is 0. The molecule has 0 spiro atoms. The molecule has 0 aliphatic heterocycles. The van der Waals surface area contributed by atoms with E-state index >= 15 is 0 Å². The van der Waals surface area contributed by atoms with Crippen LogP contribution in [-0.4, -0.2) is 37.0 Å². The van der Waals surface area contributed by atoms with Crippen molar-refractivity contribution in [2.75, 3.05) is 26.6 Å². The van der Waals surface area contributed by atoms with Crippen LogP contribution in [0.3, 0.4) is 0 Å². The quantitative estimate of drug-likeness (QED) is 0.695. The van der Waals surface area contributed by atoms with E-state index in [9.17, 15) is 4.79 Å². The van der Waals surface area contributed by atoms with Crippen molar-refractivity contribution in [1.82, 2.24) is 9.78 Å². The smallest absolute Gasteiger partial charge is 0.228 e. The summed E-state index contributed by atoms with van der Waals surface area (Å²) in [5.41, 5.74) is 2.29. The van der Waals surface area contributed by atoms with Crippen LogP contribution >= 0.6 is 0 Å². The van der Waals surface area contributed by atoms with Gasteiger partial charge in [0.1, 0.15) is 0 Å². The summed E-state index contributed by atoms with van der Waals surface area (Å²) in [4.78, 5) is 12.4. The highest BCUT2D eigenvalue weighted by molar-refractivity contribution is 5.92. The van der Waals surface area contributed by atoms with Crippen LogP contribution in [0.4, 0.5) is 5.69 Å². The first-order valence-corrected chi connectivity index (χ1v) is 8.33. The van der Waals surface area contributed by atoms with Gasteiger partial charge in [0.25, 0.3) is 0 Å². The Morgan fingerprint density at radius 3 is 2.30 bits per heavy atom. The van der Waals surface area contributed by atoms with Crippen molar-refractivity contribution in [2.24, 2.45) is 0 Å². The Bertz CT molecular complexity index is 897. The van der Waals surface area contributed by atoms with Gasteiger partial charge in [0.2, 0.25) is 11.7 Å². The van der Waals surface area contributed by atoms with Gasteiger partial charge in [-0.05, 0) is 29.8 Å². The van der Waals surface area contributed by atoms with E-state index in [4.69, 9.17) is 14.2 Å². The molecule has 1 N–H and O–H groups in total. The molecule has 7 nitrogen and oxygen atoms in total. The van der Waals surface area contributed by atoms with Crippen molar-refractivity contribution in [1.29, 1.82) is 0 Å². The lowest BCUT2D eigenvalue weighted by molar-refractivity contribution is -0.115. The van der Waals surface area contributed by atoms with Gasteiger partial charge in [0.05, 0.1) is 51.5 Å². The Kier molecular flexibility index (Phi) is 5.61. The van der Waals surface area contributed by atoms with Crippen LogP contribution in [0.1, 0.15) is 5.56 Å². The molecule has 0 aliphatic rings. The molecule has 0 atom stereocenters. The normalized spacial score (nSPS) is 10.3. The third kappa shape index (κ3) is 4.20. The standard InChI is InChI=1S/C20H21N3O4/c1-25-17-9-14(10-18(26-2)20(17)27-3)11-19(24)22-15-12-21-23(13-15)16-7-5-4-6-8-16/h4-10,12-13H,11H2,1-3H3,(H,22,24). The fraction of sp³-hybridized carbons (Fsp3) is 0.200. The van der Waals surface area contributed by atoms with Crippen molar-refractivity contribution < 1.29 is 19.0 Å². The minimum Gasteiger partial charge on any atom is -0.493 e. The topological polar surface area (TPSA) is 74.6 Å². The van der Waals surface area contributed by atoms with Gasteiger partial charge < -0.3 is 19.5 Å². The molecular formula is C20H21N3O4. The highest BCUT2D eigenvalue weighted by Crippen LogP contribution is 2.38. The maximum atomic E-state index is 12.4. The molecule has 1 amide bonds. The van der Waals surface area contributed by atoms with E-state index in [1.54, 1.807) is 43.4 Å². The third-order valence-electron chi connectivity index (χ3n) is 3.98. The fourth-order valence-corrected chi connectivity index (χ4v) is 2.74. The number of para-hydroxylation sites is 1. The zero-order valence-electron chi connectivity index (χ0n) is 15.4. The molecule has 0 aliphatic carbocycles. The van der Waals surface area contributed by atoms with Crippen molar-refractivity contribution in [2.45, 2.75) is 6.42 Å². The van der Waals surface area contributed by atoms with Crippen LogP contribution in [0.15, 0.2) is 54.9 Å². The number of nitrogens with zero attached hydrogens (tertiary/aromatic N) is 2. The number of benzene rings is 2. The molecule has 0 radical (unpaired) electrons. The molecular weight excluding hydrogens is 346 g/mol.